The number of hydrogen-bond acceptors (Lipinski definition) is 3. The molecule has 0 aliphatic heterocycles. The molecular formula is C12H15N3S. The minimum atomic E-state index is 0.954. The summed E-state index contributed by atoms with van der Waals surface area (Å²) in [6, 6.07) is 2.07. The number of unbranched alkanes of at least 4 members (excludes halogenated alkanes) is 1. The standard InChI is InChI=1S/C12H15N3S/c1-3-4-5-6-11-13-14-12(15(11)2)10-7-8-16-9-10/h3,7-9H,1,4-6H2,2H3. The van der Waals surface area contributed by atoms with Crippen LogP contribution in [0.5, 0.6) is 0 Å². The molecule has 3 nitrogen and oxygen atoms in total. The van der Waals surface area contributed by atoms with Crippen molar-refractivity contribution in [1.82, 2.24) is 14.8 Å². The van der Waals surface area contributed by atoms with Gasteiger partial charge in [0.1, 0.15) is 5.82 Å². The number of aryl methyl sites for hydroxylation is 1. The molecule has 0 radical (unpaired) electrons. The SMILES string of the molecule is C=CCCCc1nnc(-c2ccsc2)n1C. The molecule has 0 saturated heterocycles. The highest BCUT2D eigenvalue weighted by atomic mass is 32.1. The summed E-state index contributed by atoms with van der Waals surface area (Å²) in [6.45, 7) is 3.72. The van der Waals surface area contributed by atoms with Gasteiger partial charge in [0.2, 0.25) is 0 Å². The smallest absolute Gasteiger partial charge is 0.164 e. The summed E-state index contributed by atoms with van der Waals surface area (Å²) in [5.41, 5.74) is 1.15. The third kappa shape index (κ3) is 2.22. The second kappa shape index (κ2) is 5.07. The van der Waals surface area contributed by atoms with Crippen molar-refractivity contribution in [1.29, 1.82) is 0 Å². The minimum absolute atomic E-state index is 0.954. The summed E-state index contributed by atoms with van der Waals surface area (Å²) in [6.07, 6.45) is 5.01. The van der Waals surface area contributed by atoms with E-state index < -0.39 is 0 Å². The van der Waals surface area contributed by atoms with Gasteiger partial charge < -0.3 is 4.57 Å². The van der Waals surface area contributed by atoms with E-state index in [0.29, 0.717) is 0 Å². The van der Waals surface area contributed by atoms with Gasteiger partial charge in [-0.1, -0.05) is 6.08 Å². The Balaban J connectivity index is 2.15. The van der Waals surface area contributed by atoms with E-state index in [4.69, 9.17) is 0 Å². The second-order valence-electron chi connectivity index (χ2n) is 3.69. The van der Waals surface area contributed by atoms with Gasteiger partial charge in [0, 0.05) is 24.4 Å². The van der Waals surface area contributed by atoms with Gasteiger partial charge in [-0.15, -0.1) is 16.8 Å². The summed E-state index contributed by atoms with van der Waals surface area (Å²) >= 11 is 1.68. The fraction of sp³-hybridized carbons (Fsp3) is 0.333. The zero-order valence-corrected chi connectivity index (χ0v) is 10.2. The van der Waals surface area contributed by atoms with Crippen LogP contribution in [-0.2, 0) is 13.5 Å². The Morgan fingerprint density at radius 3 is 3.06 bits per heavy atom. The van der Waals surface area contributed by atoms with Gasteiger partial charge in [0.05, 0.1) is 0 Å². The lowest BCUT2D eigenvalue weighted by atomic mass is 10.2. The maximum Gasteiger partial charge on any atom is 0.164 e. The fourth-order valence-electron chi connectivity index (χ4n) is 1.63. The van der Waals surface area contributed by atoms with Gasteiger partial charge in [-0.2, -0.15) is 11.3 Å². The monoisotopic (exact) mass is 233 g/mol. The Kier molecular flexibility index (Phi) is 3.51. The average Bonchev–Trinajstić information content (AvgIpc) is 2.89. The third-order valence-electron chi connectivity index (χ3n) is 2.55. The summed E-state index contributed by atoms with van der Waals surface area (Å²) in [7, 11) is 2.02. The first-order valence-electron chi connectivity index (χ1n) is 5.34. The minimum Gasteiger partial charge on any atom is -0.314 e. The fourth-order valence-corrected chi connectivity index (χ4v) is 2.26. The molecule has 4 heteroatoms. The molecule has 0 amide bonds. The van der Waals surface area contributed by atoms with Crippen molar-refractivity contribution in [2.45, 2.75) is 19.3 Å². The van der Waals surface area contributed by atoms with Gasteiger partial charge in [0.25, 0.3) is 0 Å². The largest absolute Gasteiger partial charge is 0.314 e. The van der Waals surface area contributed by atoms with Crippen LogP contribution in [0.25, 0.3) is 11.4 Å². The molecular weight excluding hydrogens is 218 g/mol. The van der Waals surface area contributed by atoms with Crippen LogP contribution in [0.15, 0.2) is 29.5 Å². The van der Waals surface area contributed by atoms with Crippen LogP contribution in [0, 0.1) is 0 Å². The van der Waals surface area contributed by atoms with Crippen molar-refractivity contribution < 1.29 is 0 Å². The first-order valence-corrected chi connectivity index (χ1v) is 6.29. The quantitative estimate of drug-likeness (QED) is 0.587. The Hall–Kier alpha value is -1.42. The number of allylic oxidation sites excluding steroid dienone is 1. The van der Waals surface area contributed by atoms with E-state index in [1.807, 2.05) is 13.1 Å². The van der Waals surface area contributed by atoms with Crippen LogP contribution >= 0.6 is 11.3 Å². The lowest BCUT2D eigenvalue weighted by molar-refractivity contribution is 0.733. The van der Waals surface area contributed by atoms with Gasteiger partial charge in [-0.25, -0.2) is 0 Å². The topological polar surface area (TPSA) is 30.7 Å². The van der Waals surface area contributed by atoms with Crippen LogP contribution in [0.4, 0.5) is 0 Å². The van der Waals surface area contributed by atoms with Crippen molar-refractivity contribution >= 4 is 11.3 Å². The summed E-state index contributed by atoms with van der Waals surface area (Å²) < 4.78 is 2.07. The van der Waals surface area contributed by atoms with E-state index in [0.717, 1.165) is 36.5 Å². The average molecular weight is 233 g/mol. The molecule has 0 aliphatic rings. The van der Waals surface area contributed by atoms with E-state index in [1.54, 1.807) is 11.3 Å². The molecule has 2 aromatic rings. The molecule has 2 heterocycles. The first-order chi connectivity index (χ1) is 7.83. The predicted molar refractivity (Wildman–Crippen MR) is 67.5 cm³/mol. The highest BCUT2D eigenvalue weighted by Gasteiger charge is 2.09. The van der Waals surface area contributed by atoms with Crippen LogP contribution < -0.4 is 0 Å². The maximum atomic E-state index is 4.23. The number of aromatic nitrogens is 3. The van der Waals surface area contributed by atoms with E-state index in [1.165, 1.54) is 0 Å². The summed E-state index contributed by atoms with van der Waals surface area (Å²) in [5.74, 6) is 2.00. The first kappa shape index (κ1) is 11.1. The zero-order valence-electron chi connectivity index (χ0n) is 9.39. The summed E-state index contributed by atoms with van der Waals surface area (Å²) in [5, 5.41) is 12.6. The van der Waals surface area contributed by atoms with Crippen LogP contribution in [0.1, 0.15) is 18.7 Å². The van der Waals surface area contributed by atoms with Crippen molar-refractivity contribution in [3.63, 3.8) is 0 Å². The number of hydrogen-bond donors (Lipinski definition) is 0. The van der Waals surface area contributed by atoms with E-state index in [2.05, 4.69) is 38.2 Å². The van der Waals surface area contributed by atoms with Gasteiger partial charge in [-0.3, -0.25) is 0 Å². The van der Waals surface area contributed by atoms with Crippen molar-refractivity contribution in [3.8, 4) is 11.4 Å². The van der Waals surface area contributed by atoms with Gasteiger partial charge in [0.15, 0.2) is 5.82 Å². The molecule has 2 rings (SSSR count). The number of thiophene rings is 1. The van der Waals surface area contributed by atoms with Crippen molar-refractivity contribution in [2.24, 2.45) is 7.05 Å². The highest BCUT2D eigenvalue weighted by molar-refractivity contribution is 7.08. The van der Waals surface area contributed by atoms with Crippen LogP contribution in [0.3, 0.4) is 0 Å². The third-order valence-corrected chi connectivity index (χ3v) is 3.24. The van der Waals surface area contributed by atoms with E-state index in [-0.39, 0.29) is 0 Å². The maximum absolute atomic E-state index is 4.23. The molecule has 0 N–H and O–H groups in total. The predicted octanol–water partition coefficient (Wildman–Crippen LogP) is 3.05. The zero-order chi connectivity index (χ0) is 11.4. The number of nitrogens with zero attached hydrogens (tertiary/aromatic N) is 3. The molecule has 0 saturated carbocycles. The van der Waals surface area contributed by atoms with Crippen LogP contribution in [0.2, 0.25) is 0 Å². The lowest BCUT2D eigenvalue weighted by Gasteiger charge is -2.01. The highest BCUT2D eigenvalue weighted by Crippen LogP contribution is 2.20. The molecule has 0 fully saturated rings. The van der Waals surface area contributed by atoms with Gasteiger partial charge in [-0.05, 0) is 24.3 Å². The Morgan fingerprint density at radius 1 is 1.50 bits per heavy atom. The van der Waals surface area contributed by atoms with E-state index >= 15 is 0 Å². The number of rotatable bonds is 5. The molecule has 2 aromatic heterocycles. The molecule has 0 bridgehead atoms. The summed E-state index contributed by atoms with van der Waals surface area (Å²) in [4.78, 5) is 0. The van der Waals surface area contributed by atoms with Crippen molar-refractivity contribution in [2.75, 3.05) is 0 Å². The molecule has 84 valence electrons. The van der Waals surface area contributed by atoms with E-state index in [9.17, 15) is 0 Å². The molecule has 0 atom stereocenters. The molecule has 0 unspecified atom stereocenters. The normalized spacial score (nSPS) is 10.6. The molecule has 16 heavy (non-hydrogen) atoms. The second-order valence-corrected chi connectivity index (χ2v) is 4.47. The molecule has 0 spiro atoms. The Morgan fingerprint density at radius 2 is 2.38 bits per heavy atom. The Bertz CT molecular complexity index is 457. The van der Waals surface area contributed by atoms with Crippen molar-refractivity contribution in [3.05, 3.63) is 35.3 Å². The Labute approximate surface area is 99.5 Å². The lowest BCUT2D eigenvalue weighted by Crippen LogP contribution is -1.99. The van der Waals surface area contributed by atoms with Gasteiger partial charge >= 0.3 is 0 Å². The molecule has 0 aliphatic carbocycles. The van der Waals surface area contributed by atoms with Crippen LogP contribution in [-0.4, -0.2) is 14.8 Å². The molecule has 0 aromatic carbocycles.